The molecule has 0 amide bonds. The van der Waals surface area contributed by atoms with Gasteiger partial charge in [0.15, 0.2) is 0 Å². The Morgan fingerprint density at radius 1 is 1.28 bits per heavy atom. The highest BCUT2D eigenvalue weighted by atomic mass is 16.5. The molecule has 0 aromatic rings. The van der Waals surface area contributed by atoms with E-state index in [4.69, 9.17) is 4.74 Å². The molecule has 1 N–H and O–H groups in total. The smallest absolute Gasteiger partial charge is 0.0477 e. The maximum atomic E-state index is 5.33. The van der Waals surface area contributed by atoms with Crippen LogP contribution in [0.1, 0.15) is 47.0 Å². The zero-order valence-electron chi connectivity index (χ0n) is 12.8. The molecular formula is C15H32N2O. The zero-order valence-corrected chi connectivity index (χ0v) is 12.8. The number of piperidine rings is 1. The van der Waals surface area contributed by atoms with E-state index in [-0.39, 0.29) is 0 Å². The van der Waals surface area contributed by atoms with Crippen LogP contribution in [0.3, 0.4) is 0 Å². The van der Waals surface area contributed by atoms with Gasteiger partial charge >= 0.3 is 0 Å². The van der Waals surface area contributed by atoms with Gasteiger partial charge in [0.1, 0.15) is 0 Å². The lowest BCUT2D eigenvalue weighted by Crippen LogP contribution is -2.46. The normalized spacial score (nSPS) is 22.0. The van der Waals surface area contributed by atoms with Crippen molar-refractivity contribution in [2.75, 3.05) is 39.4 Å². The molecule has 18 heavy (non-hydrogen) atoms. The second kappa shape index (κ2) is 8.13. The molecule has 0 saturated carbocycles. The second-order valence-electron chi connectivity index (χ2n) is 6.30. The summed E-state index contributed by atoms with van der Waals surface area (Å²) in [6.07, 6.45) is 3.79. The minimum Gasteiger partial charge on any atom is -0.382 e. The average molecular weight is 256 g/mol. The van der Waals surface area contributed by atoms with Gasteiger partial charge in [-0.2, -0.15) is 0 Å². The van der Waals surface area contributed by atoms with Crippen molar-refractivity contribution in [1.82, 2.24) is 10.2 Å². The minimum absolute atomic E-state index is 0.557. The number of nitrogens with zero attached hydrogens (tertiary/aromatic N) is 1. The summed E-state index contributed by atoms with van der Waals surface area (Å²) in [4.78, 5) is 2.63. The first-order valence-corrected chi connectivity index (χ1v) is 7.57. The summed E-state index contributed by atoms with van der Waals surface area (Å²) >= 11 is 0. The summed E-state index contributed by atoms with van der Waals surface area (Å²) in [6, 6.07) is 0.660. The number of nitrogens with one attached hydrogen (secondary N) is 1. The van der Waals surface area contributed by atoms with Crippen LogP contribution in [0, 0.1) is 5.41 Å². The zero-order chi connectivity index (χ0) is 13.4. The Morgan fingerprint density at radius 3 is 2.56 bits per heavy atom. The molecule has 1 rings (SSSR count). The van der Waals surface area contributed by atoms with Gasteiger partial charge in [0.2, 0.25) is 0 Å². The summed E-state index contributed by atoms with van der Waals surface area (Å²) < 4.78 is 5.33. The first-order valence-electron chi connectivity index (χ1n) is 7.57. The lowest BCUT2D eigenvalue weighted by Gasteiger charge is -2.40. The van der Waals surface area contributed by atoms with Gasteiger partial charge in [-0.15, -0.1) is 0 Å². The second-order valence-corrected chi connectivity index (χ2v) is 6.30. The summed E-state index contributed by atoms with van der Waals surface area (Å²) in [5.74, 6) is 0. The first-order chi connectivity index (χ1) is 8.55. The van der Waals surface area contributed by atoms with Gasteiger partial charge in [-0.25, -0.2) is 0 Å². The van der Waals surface area contributed by atoms with E-state index in [1.807, 2.05) is 6.92 Å². The molecule has 1 aliphatic rings. The molecular weight excluding hydrogens is 224 g/mol. The highest BCUT2D eigenvalue weighted by Gasteiger charge is 2.27. The summed E-state index contributed by atoms with van der Waals surface area (Å²) in [6.45, 7) is 15.6. The Bertz CT molecular complexity index is 209. The van der Waals surface area contributed by atoms with Crippen molar-refractivity contribution in [3.05, 3.63) is 0 Å². The fraction of sp³-hybridized carbons (Fsp3) is 1.00. The van der Waals surface area contributed by atoms with E-state index in [1.165, 1.54) is 25.9 Å². The third kappa shape index (κ3) is 6.17. The largest absolute Gasteiger partial charge is 0.382 e. The predicted molar refractivity (Wildman–Crippen MR) is 78.0 cm³/mol. The van der Waals surface area contributed by atoms with Gasteiger partial charge in [-0.3, -0.25) is 4.90 Å². The third-order valence-corrected chi connectivity index (χ3v) is 4.06. The molecule has 3 nitrogen and oxygen atoms in total. The molecule has 0 spiro atoms. The van der Waals surface area contributed by atoms with Crippen molar-refractivity contribution in [1.29, 1.82) is 0 Å². The molecule has 0 bridgehead atoms. The van der Waals surface area contributed by atoms with Gasteiger partial charge in [-0.1, -0.05) is 13.8 Å². The van der Waals surface area contributed by atoms with E-state index in [9.17, 15) is 0 Å². The van der Waals surface area contributed by atoms with E-state index in [2.05, 4.69) is 31.0 Å². The van der Waals surface area contributed by atoms with Gasteiger partial charge in [0.05, 0.1) is 0 Å². The molecule has 1 heterocycles. The van der Waals surface area contributed by atoms with E-state index in [1.54, 1.807) is 0 Å². The van der Waals surface area contributed by atoms with Crippen LogP contribution < -0.4 is 5.32 Å². The Labute approximate surface area is 113 Å². The van der Waals surface area contributed by atoms with Crippen LogP contribution in [0.5, 0.6) is 0 Å². The van der Waals surface area contributed by atoms with Gasteiger partial charge in [0.25, 0.3) is 0 Å². The van der Waals surface area contributed by atoms with E-state index in [0.717, 1.165) is 32.7 Å². The average Bonchev–Trinajstić information content (AvgIpc) is 2.33. The molecule has 0 aliphatic carbocycles. The molecule has 0 aromatic carbocycles. The standard InChI is InChI=1S/C15H32N2O/c1-5-18-12-6-9-16-13-14(2)17-10-7-15(3,4)8-11-17/h14,16H,5-13H2,1-4H3. The van der Waals surface area contributed by atoms with Crippen LogP contribution in [-0.4, -0.2) is 50.3 Å². The minimum atomic E-state index is 0.557. The van der Waals surface area contributed by atoms with Crippen molar-refractivity contribution in [3.8, 4) is 0 Å². The van der Waals surface area contributed by atoms with Crippen molar-refractivity contribution in [2.24, 2.45) is 5.41 Å². The molecule has 1 atom stereocenters. The number of hydrogen-bond acceptors (Lipinski definition) is 3. The molecule has 108 valence electrons. The fourth-order valence-corrected chi connectivity index (χ4v) is 2.45. The fourth-order valence-electron chi connectivity index (χ4n) is 2.45. The van der Waals surface area contributed by atoms with Crippen molar-refractivity contribution in [3.63, 3.8) is 0 Å². The molecule has 1 aliphatic heterocycles. The third-order valence-electron chi connectivity index (χ3n) is 4.06. The lowest BCUT2D eigenvalue weighted by atomic mass is 9.82. The maximum Gasteiger partial charge on any atom is 0.0477 e. The van der Waals surface area contributed by atoms with Crippen LogP contribution in [0.4, 0.5) is 0 Å². The van der Waals surface area contributed by atoms with Gasteiger partial charge in [-0.05, 0) is 58.2 Å². The van der Waals surface area contributed by atoms with Crippen LogP contribution in [0.15, 0.2) is 0 Å². The van der Waals surface area contributed by atoms with Crippen LogP contribution in [0.2, 0.25) is 0 Å². The quantitative estimate of drug-likeness (QED) is 0.675. The van der Waals surface area contributed by atoms with Crippen LogP contribution in [0.25, 0.3) is 0 Å². The Morgan fingerprint density at radius 2 is 1.94 bits per heavy atom. The van der Waals surface area contributed by atoms with Crippen molar-refractivity contribution >= 4 is 0 Å². The number of rotatable bonds is 8. The van der Waals surface area contributed by atoms with E-state index in [0.29, 0.717) is 11.5 Å². The summed E-state index contributed by atoms with van der Waals surface area (Å²) in [5, 5.41) is 3.54. The Kier molecular flexibility index (Phi) is 7.20. The predicted octanol–water partition coefficient (Wildman–Crippen LogP) is 2.51. The SMILES string of the molecule is CCOCCCNCC(C)N1CCC(C)(C)CC1. The van der Waals surface area contributed by atoms with Crippen LogP contribution in [-0.2, 0) is 4.74 Å². The van der Waals surface area contributed by atoms with Gasteiger partial charge in [0, 0.05) is 25.8 Å². The molecule has 3 heteroatoms. The highest BCUT2D eigenvalue weighted by molar-refractivity contribution is 4.81. The van der Waals surface area contributed by atoms with E-state index < -0.39 is 0 Å². The summed E-state index contributed by atoms with van der Waals surface area (Å²) in [5.41, 5.74) is 0.557. The Hall–Kier alpha value is -0.120. The number of ether oxygens (including phenoxy) is 1. The van der Waals surface area contributed by atoms with Gasteiger partial charge < -0.3 is 10.1 Å². The topological polar surface area (TPSA) is 24.5 Å². The molecule has 1 saturated heterocycles. The van der Waals surface area contributed by atoms with Crippen molar-refractivity contribution in [2.45, 2.75) is 53.0 Å². The number of likely N-dealkylation sites (tertiary alicyclic amines) is 1. The van der Waals surface area contributed by atoms with E-state index >= 15 is 0 Å². The number of hydrogen-bond donors (Lipinski definition) is 1. The molecule has 1 unspecified atom stereocenters. The lowest BCUT2D eigenvalue weighted by molar-refractivity contribution is 0.0989. The highest BCUT2D eigenvalue weighted by Crippen LogP contribution is 2.30. The molecule has 1 fully saturated rings. The molecule has 0 radical (unpaired) electrons. The Balaban J connectivity index is 2.05. The maximum absolute atomic E-state index is 5.33. The van der Waals surface area contributed by atoms with Crippen molar-refractivity contribution < 1.29 is 4.74 Å². The van der Waals surface area contributed by atoms with Crippen LogP contribution >= 0.6 is 0 Å². The molecule has 0 aromatic heterocycles. The first kappa shape index (κ1) is 15.9. The summed E-state index contributed by atoms with van der Waals surface area (Å²) in [7, 11) is 0. The monoisotopic (exact) mass is 256 g/mol.